The molecule has 0 radical (unpaired) electrons. The predicted molar refractivity (Wildman–Crippen MR) is 95.2 cm³/mol. The van der Waals surface area contributed by atoms with Crippen molar-refractivity contribution in [2.45, 2.75) is 40.6 Å². The first-order valence-electron chi connectivity index (χ1n) is 8.94. The van der Waals surface area contributed by atoms with Crippen LogP contribution in [-0.4, -0.2) is 126 Å². The first kappa shape index (κ1) is 25.9. The number of nitrogens with one attached hydrogen (secondary N) is 1. The van der Waals surface area contributed by atoms with E-state index in [0.717, 1.165) is 7.11 Å². The highest BCUT2D eigenvalue weighted by atomic mass is 16.8. The van der Waals surface area contributed by atoms with Gasteiger partial charge in [0, 0.05) is 6.54 Å². The summed E-state index contributed by atoms with van der Waals surface area (Å²) in [5, 5.41) is 143. The molecule has 3 rings (SSSR count). The van der Waals surface area contributed by atoms with Gasteiger partial charge in [-0.25, -0.2) is 0 Å². The molecule has 1 saturated carbocycles. The fourth-order valence-electron chi connectivity index (χ4n) is 3.72. The fourth-order valence-corrected chi connectivity index (χ4v) is 3.72. The van der Waals surface area contributed by atoms with Crippen molar-refractivity contribution in [1.29, 1.82) is 0 Å². The van der Waals surface area contributed by atoms with Crippen molar-refractivity contribution in [2.24, 2.45) is 0 Å². The van der Waals surface area contributed by atoms with Crippen LogP contribution in [0.4, 0.5) is 0 Å². The molecule has 0 aromatic heterocycles. The van der Waals surface area contributed by atoms with Crippen molar-refractivity contribution in [3.8, 4) is 28.7 Å². The van der Waals surface area contributed by atoms with Gasteiger partial charge in [-0.15, -0.1) is 0 Å². The highest BCUT2D eigenvalue weighted by molar-refractivity contribution is 5.88. The van der Waals surface area contributed by atoms with E-state index in [4.69, 9.17) is 0 Å². The van der Waals surface area contributed by atoms with E-state index >= 15 is 0 Å². The molecule has 1 saturated heterocycles. The summed E-state index contributed by atoms with van der Waals surface area (Å²) >= 11 is 0. The summed E-state index contributed by atoms with van der Waals surface area (Å²) in [6.45, 7) is -0.705. The topological polar surface area (TPSA) is 331 Å². The number of ether oxygens (including phenoxy) is 2. The Hall–Kier alpha value is -2.75. The minimum absolute atomic E-state index is 0.705. The molecule has 0 bridgehead atoms. The number of amides is 1. The lowest BCUT2D eigenvalue weighted by Gasteiger charge is -2.39. The number of phenols is 3. The predicted octanol–water partition coefficient (Wildman–Crippen LogP) is -7.49. The van der Waals surface area contributed by atoms with Gasteiger partial charge in [0.25, 0.3) is 34.8 Å². The number of carbonyl (C=O) groups is 1. The minimum Gasteiger partial charge on any atom is -0.504 e. The van der Waals surface area contributed by atoms with E-state index in [1.807, 2.05) is 5.32 Å². The van der Waals surface area contributed by atoms with Crippen molar-refractivity contribution in [1.82, 2.24) is 5.32 Å². The van der Waals surface area contributed by atoms with E-state index < -0.39 is 87.4 Å². The molecule has 0 spiro atoms. The summed E-state index contributed by atoms with van der Waals surface area (Å²) in [4.78, 5) is 11.7. The zero-order valence-corrected chi connectivity index (χ0v) is 16.8. The Morgan fingerprint density at radius 2 is 1.21 bits per heavy atom. The van der Waals surface area contributed by atoms with Gasteiger partial charge in [0.05, 0.1) is 18.6 Å². The van der Waals surface area contributed by atoms with Crippen molar-refractivity contribution < 1.29 is 85.8 Å². The smallest absolute Gasteiger partial charge is 0.329 e. The summed E-state index contributed by atoms with van der Waals surface area (Å²) in [5.74, 6) is -37.8. The Kier molecular flexibility index (Phi) is 5.25. The van der Waals surface area contributed by atoms with Crippen LogP contribution in [0.15, 0.2) is 0 Å². The van der Waals surface area contributed by atoms with Crippen LogP contribution in [0.2, 0.25) is 0 Å². The summed E-state index contributed by atoms with van der Waals surface area (Å²) in [7, 11) is 0.725. The molecule has 1 heterocycles. The summed E-state index contributed by atoms with van der Waals surface area (Å²) in [6.07, 6.45) is 0. The maximum Gasteiger partial charge on any atom is 0.329 e. The van der Waals surface area contributed by atoms with E-state index in [1.165, 1.54) is 0 Å². The second-order valence-corrected chi connectivity index (χ2v) is 7.75. The third-order valence-electron chi connectivity index (χ3n) is 5.86. The molecule has 1 aliphatic carbocycles. The molecule has 18 nitrogen and oxygen atoms in total. The number of aliphatic hydroxyl groups is 11. The Morgan fingerprint density at radius 3 is 1.59 bits per heavy atom. The lowest BCUT2D eigenvalue weighted by Crippen LogP contribution is -2.70. The molecular weight excluding hydrogens is 478 g/mol. The van der Waals surface area contributed by atoms with Gasteiger partial charge in [-0.05, 0) is 0 Å². The van der Waals surface area contributed by atoms with Gasteiger partial charge < -0.3 is 86.3 Å². The molecule has 1 aliphatic heterocycles. The number of aromatic hydroxyl groups is 3. The first-order valence-corrected chi connectivity index (χ1v) is 8.94. The van der Waals surface area contributed by atoms with Crippen LogP contribution in [0.3, 0.4) is 0 Å². The average Bonchev–Trinajstić information content (AvgIpc) is 3.00. The average molecular weight is 499 g/mol. The van der Waals surface area contributed by atoms with Crippen LogP contribution in [0.1, 0.15) is 11.5 Å². The van der Waals surface area contributed by atoms with Crippen LogP contribution in [0.5, 0.6) is 28.7 Å². The van der Waals surface area contributed by atoms with Gasteiger partial charge in [-0.2, -0.15) is 0 Å². The maximum absolute atomic E-state index is 11.7. The zero-order valence-electron chi connectivity index (χ0n) is 16.8. The SMILES string of the molecule is COc1c(O)c(O)c(C2CNC(=O)C2(O)O)c(O)c1OC1(O)C(O)(O)C(O)(O)C(O)(O)C1(O)O. The minimum atomic E-state index is -4.82. The van der Waals surface area contributed by atoms with E-state index in [0.29, 0.717) is 0 Å². The molecule has 1 aromatic carbocycles. The van der Waals surface area contributed by atoms with Crippen molar-refractivity contribution in [3.05, 3.63) is 5.56 Å². The van der Waals surface area contributed by atoms with Crippen molar-refractivity contribution in [2.75, 3.05) is 13.7 Å². The van der Waals surface area contributed by atoms with E-state index in [9.17, 15) is 76.3 Å². The molecular formula is C16H21NO17. The highest BCUT2D eigenvalue weighted by Crippen LogP contribution is 2.60. The molecule has 1 amide bonds. The third kappa shape index (κ3) is 2.63. The standard InChI is InChI=1S/C16H21NO17/c1-33-8-7(20)5(18)4(3-2-17-10(21)11(3,22)23)6(19)9(8)34-16(32)14(28,29)12(24,25)13(26,27)15(16,30)31/h3,18-20,22-32H,2H2,1H3,(H,17,21). The van der Waals surface area contributed by atoms with E-state index in [-0.39, 0.29) is 0 Å². The van der Waals surface area contributed by atoms with Crippen LogP contribution >= 0.6 is 0 Å². The van der Waals surface area contributed by atoms with Crippen LogP contribution in [0.25, 0.3) is 0 Å². The lowest BCUT2D eigenvalue weighted by molar-refractivity contribution is -0.452. The number of phenolic OH excluding ortho intramolecular Hbond substituents is 3. The highest BCUT2D eigenvalue weighted by Gasteiger charge is 2.93. The number of benzene rings is 1. The molecule has 192 valence electrons. The number of rotatable bonds is 4. The third-order valence-corrected chi connectivity index (χ3v) is 5.86. The summed E-state index contributed by atoms with van der Waals surface area (Å²) < 4.78 is 9.18. The second-order valence-electron chi connectivity index (χ2n) is 7.75. The molecule has 1 atom stereocenters. The van der Waals surface area contributed by atoms with Gasteiger partial charge in [0.2, 0.25) is 17.2 Å². The molecule has 2 aliphatic rings. The lowest BCUT2D eigenvalue weighted by atomic mass is 9.90. The van der Waals surface area contributed by atoms with Crippen LogP contribution in [-0.2, 0) is 4.79 Å². The number of carbonyl (C=O) groups excluding carboxylic acids is 1. The quantitative estimate of drug-likeness (QED) is 0.104. The van der Waals surface area contributed by atoms with Gasteiger partial charge >= 0.3 is 5.79 Å². The van der Waals surface area contributed by atoms with E-state index in [2.05, 4.69) is 9.47 Å². The van der Waals surface area contributed by atoms with Gasteiger partial charge in [-0.3, -0.25) is 4.79 Å². The first-order chi connectivity index (χ1) is 15.2. The normalized spacial score (nSPS) is 27.3. The van der Waals surface area contributed by atoms with Crippen LogP contribution < -0.4 is 14.8 Å². The largest absolute Gasteiger partial charge is 0.504 e. The van der Waals surface area contributed by atoms with Crippen molar-refractivity contribution >= 4 is 5.91 Å². The summed E-state index contributed by atoms with van der Waals surface area (Å²) in [6, 6.07) is 0. The second kappa shape index (κ2) is 6.90. The van der Waals surface area contributed by atoms with Crippen molar-refractivity contribution in [3.63, 3.8) is 0 Å². The zero-order chi connectivity index (χ0) is 26.4. The Bertz CT molecular complexity index is 1020. The Labute approximate surface area is 186 Å². The number of hydrogen-bond acceptors (Lipinski definition) is 17. The molecule has 1 unspecified atom stereocenters. The number of methoxy groups -OCH3 is 1. The van der Waals surface area contributed by atoms with Crippen LogP contribution in [0, 0.1) is 0 Å². The Morgan fingerprint density at radius 1 is 0.735 bits per heavy atom. The maximum atomic E-state index is 11.7. The van der Waals surface area contributed by atoms with Gasteiger partial charge in [0.15, 0.2) is 11.5 Å². The Balaban J connectivity index is 2.31. The molecule has 2 fully saturated rings. The fraction of sp³-hybridized carbons (Fsp3) is 0.562. The summed E-state index contributed by atoms with van der Waals surface area (Å²) in [5.41, 5.74) is -1.11. The molecule has 18 heteroatoms. The number of hydrogen-bond donors (Lipinski definition) is 15. The molecule has 1 aromatic rings. The monoisotopic (exact) mass is 499 g/mol. The van der Waals surface area contributed by atoms with E-state index in [1.54, 1.807) is 0 Å². The van der Waals surface area contributed by atoms with Gasteiger partial charge in [-0.1, -0.05) is 0 Å². The molecule has 34 heavy (non-hydrogen) atoms. The molecule has 15 N–H and O–H groups in total. The van der Waals surface area contributed by atoms with Gasteiger partial charge in [0.1, 0.15) is 0 Å².